The molecule has 21 heavy (non-hydrogen) atoms. The van der Waals surface area contributed by atoms with Crippen LogP contribution in [0.1, 0.15) is 35.3 Å². The van der Waals surface area contributed by atoms with Crippen LogP contribution in [0.2, 0.25) is 0 Å². The first-order valence-electron chi connectivity index (χ1n) is 6.68. The summed E-state index contributed by atoms with van der Waals surface area (Å²) in [5.41, 5.74) is 9.40. The van der Waals surface area contributed by atoms with Gasteiger partial charge in [0.15, 0.2) is 0 Å². The molecule has 0 aliphatic rings. The number of thiocarbonyl (C=S) groups is 1. The summed E-state index contributed by atoms with van der Waals surface area (Å²) in [6, 6.07) is 8.29. The number of rotatable bonds is 4. The van der Waals surface area contributed by atoms with Gasteiger partial charge in [0.1, 0.15) is 16.6 Å². The monoisotopic (exact) mass is 303 g/mol. The number of aryl methyl sites for hydroxylation is 2. The quantitative estimate of drug-likeness (QED) is 0.847. The van der Waals surface area contributed by atoms with Gasteiger partial charge >= 0.3 is 0 Å². The van der Waals surface area contributed by atoms with E-state index in [1.807, 2.05) is 26.8 Å². The molecule has 0 bridgehead atoms. The molecular formula is C16H18FN3S. The SMILES string of the molecule is Cc1cc(C)c(C(N)=S)c(NC(C)c2ccc(F)cc2)n1. The summed E-state index contributed by atoms with van der Waals surface area (Å²) < 4.78 is 13.0. The molecule has 2 rings (SSSR count). The molecule has 1 atom stereocenters. The van der Waals surface area contributed by atoms with Crippen molar-refractivity contribution in [3.05, 3.63) is 58.5 Å². The van der Waals surface area contributed by atoms with E-state index in [1.54, 1.807) is 12.1 Å². The Labute approximate surface area is 129 Å². The van der Waals surface area contributed by atoms with Crippen molar-refractivity contribution in [2.75, 3.05) is 5.32 Å². The maximum absolute atomic E-state index is 13.0. The summed E-state index contributed by atoms with van der Waals surface area (Å²) in [6.07, 6.45) is 0. The third-order valence-corrected chi connectivity index (χ3v) is 3.52. The van der Waals surface area contributed by atoms with Gasteiger partial charge in [0.25, 0.3) is 0 Å². The first-order chi connectivity index (χ1) is 9.88. The minimum absolute atomic E-state index is 0.0348. The first-order valence-corrected chi connectivity index (χ1v) is 7.09. The molecule has 0 saturated heterocycles. The van der Waals surface area contributed by atoms with Crippen molar-refractivity contribution < 1.29 is 4.39 Å². The highest BCUT2D eigenvalue weighted by Crippen LogP contribution is 2.24. The second-order valence-electron chi connectivity index (χ2n) is 5.09. The molecule has 1 aromatic carbocycles. The largest absolute Gasteiger partial charge is 0.389 e. The van der Waals surface area contributed by atoms with Gasteiger partial charge in [-0.1, -0.05) is 24.4 Å². The van der Waals surface area contributed by atoms with Crippen molar-refractivity contribution in [2.45, 2.75) is 26.8 Å². The predicted octanol–water partition coefficient (Wildman–Crippen LogP) is 3.64. The molecule has 0 amide bonds. The zero-order valence-electron chi connectivity index (χ0n) is 12.3. The highest BCUT2D eigenvalue weighted by atomic mass is 32.1. The van der Waals surface area contributed by atoms with Crippen molar-refractivity contribution in [1.82, 2.24) is 4.98 Å². The van der Waals surface area contributed by atoms with Crippen molar-refractivity contribution in [3.63, 3.8) is 0 Å². The van der Waals surface area contributed by atoms with Crippen LogP contribution in [0, 0.1) is 19.7 Å². The van der Waals surface area contributed by atoms with E-state index in [2.05, 4.69) is 10.3 Å². The van der Waals surface area contributed by atoms with Crippen molar-refractivity contribution in [3.8, 4) is 0 Å². The Morgan fingerprint density at radius 3 is 2.48 bits per heavy atom. The lowest BCUT2D eigenvalue weighted by Crippen LogP contribution is -2.18. The molecule has 3 N–H and O–H groups in total. The molecule has 3 nitrogen and oxygen atoms in total. The van der Waals surface area contributed by atoms with E-state index in [9.17, 15) is 4.39 Å². The third kappa shape index (κ3) is 3.55. The molecule has 1 heterocycles. The van der Waals surface area contributed by atoms with Gasteiger partial charge in [0, 0.05) is 11.7 Å². The molecule has 0 fully saturated rings. The van der Waals surface area contributed by atoms with Gasteiger partial charge in [-0.05, 0) is 50.1 Å². The number of hydrogen-bond donors (Lipinski definition) is 2. The standard InChI is InChI=1S/C16H18FN3S/c1-9-8-10(2)19-16(14(9)15(18)21)20-11(3)12-4-6-13(17)7-5-12/h4-8,11H,1-3H3,(H2,18,21)(H,19,20). The summed E-state index contributed by atoms with van der Waals surface area (Å²) in [5, 5.41) is 3.31. The van der Waals surface area contributed by atoms with Crippen LogP contribution in [0.3, 0.4) is 0 Å². The zero-order chi connectivity index (χ0) is 15.6. The van der Waals surface area contributed by atoms with Crippen molar-refractivity contribution in [1.29, 1.82) is 0 Å². The topological polar surface area (TPSA) is 50.9 Å². The molecule has 5 heteroatoms. The molecule has 0 aliphatic heterocycles. The van der Waals surface area contributed by atoms with Gasteiger partial charge in [-0.15, -0.1) is 0 Å². The lowest BCUT2D eigenvalue weighted by Gasteiger charge is -2.19. The van der Waals surface area contributed by atoms with Crippen LogP contribution in [-0.2, 0) is 0 Å². The van der Waals surface area contributed by atoms with Crippen molar-refractivity contribution >= 4 is 23.0 Å². The van der Waals surface area contributed by atoms with Gasteiger partial charge in [-0.2, -0.15) is 0 Å². The Morgan fingerprint density at radius 1 is 1.29 bits per heavy atom. The van der Waals surface area contributed by atoms with Gasteiger partial charge in [0.2, 0.25) is 0 Å². The number of nitrogens with two attached hydrogens (primary N) is 1. The van der Waals surface area contributed by atoms with Gasteiger partial charge in [-0.25, -0.2) is 9.37 Å². The van der Waals surface area contributed by atoms with E-state index in [4.69, 9.17) is 18.0 Å². The number of hydrogen-bond acceptors (Lipinski definition) is 3. The van der Waals surface area contributed by atoms with Crippen LogP contribution < -0.4 is 11.1 Å². The number of nitrogens with one attached hydrogen (secondary N) is 1. The predicted molar refractivity (Wildman–Crippen MR) is 88.0 cm³/mol. The van der Waals surface area contributed by atoms with E-state index in [0.717, 1.165) is 22.4 Å². The molecule has 1 aromatic heterocycles. The van der Waals surface area contributed by atoms with Crippen molar-refractivity contribution in [2.24, 2.45) is 5.73 Å². The number of benzene rings is 1. The highest BCUT2D eigenvalue weighted by molar-refractivity contribution is 7.80. The van der Waals surface area contributed by atoms with Crippen LogP contribution >= 0.6 is 12.2 Å². The smallest absolute Gasteiger partial charge is 0.137 e. The molecule has 0 saturated carbocycles. The normalized spacial score (nSPS) is 12.0. The Bertz CT molecular complexity index is 668. The Hall–Kier alpha value is -2.01. The number of nitrogens with zero attached hydrogens (tertiary/aromatic N) is 1. The van der Waals surface area contributed by atoms with E-state index in [1.165, 1.54) is 12.1 Å². The Morgan fingerprint density at radius 2 is 1.90 bits per heavy atom. The highest BCUT2D eigenvalue weighted by Gasteiger charge is 2.14. The van der Waals surface area contributed by atoms with E-state index in [-0.39, 0.29) is 11.9 Å². The minimum atomic E-state index is -0.251. The average molecular weight is 303 g/mol. The second kappa shape index (κ2) is 6.18. The average Bonchev–Trinajstić information content (AvgIpc) is 2.37. The van der Waals surface area contributed by atoms with E-state index in [0.29, 0.717) is 10.8 Å². The fourth-order valence-electron chi connectivity index (χ4n) is 2.29. The first kappa shape index (κ1) is 15.4. The number of pyridine rings is 1. The number of aromatic nitrogens is 1. The zero-order valence-corrected chi connectivity index (χ0v) is 13.1. The summed E-state index contributed by atoms with van der Waals surface area (Å²) >= 11 is 5.12. The Kier molecular flexibility index (Phi) is 4.53. The number of halogens is 1. The van der Waals surface area contributed by atoms with Gasteiger partial charge < -0.3 is 11.1 Å². The summed E-state index contributed by atoms with van der Waals surface area (Å²) in [4.78, 5) is 4.80. The second-order valence-corrected chi connectivity index (χ2v) is 5.53. The van der Waals surface area contributed by atoms with Gasteiger partial charge in [-0.3, -0.25) is 0 Å². The number of anilines is 1. The van der Waals surface area contributed by atoms with Crippen LogP contribution in [0.15, 0.2) is 30.3 Å². The van der Waals surface area contributed by atoms with E-state index >= 15 is 0 Å². The van der Waals surface area contributed by atoms with Crippen LogP contribution in [0.5, 0.6) is 0 Å². The molecule has 110 valence electrons. The minimum Gasteiger partial charge on any atom is -0.389 e. The Balaban J connectivity index is 2.34. The molecular weight excluding hydrogens is 285 g/mol. The third-order valence-electron chi connectivity index (χ3n) is 3.31. The maximum Gasteiger partial charge on any atom is 0.137 e. The lowest BCUT2D eigenvalue weighted by atomic mass is 10.1. The van der Waals surface area contributed by atoms with Crippen LogP contribution in [-0.4, -0.2) is 9.97 Å². The van der Waals surface area contributed by atoms with Crippen LogP contribution in [0.4, 0.5) is 10.2 Å². The molecule has 0 spiro atoms. The fraction of sp³-hybridized carbons (Fsp3) is 0.250. The molecule has 1 unspecified atom stereocenters. The summed E-state index contributed by atoms with van der Waals surface area (Å²) in [6.45, 7) is 5.86. The molecule has 0 aliphatic carbocycles. The van der Waals surface area contributed by atoms with E-state index < -0.39 is 0 Å². The van der Waals surface area contributed by atoms with Gasteiger partial charge in [0.05, 0.1) is 5.56 Å². The van der Waals surface area contributed by atoms with Crippen LogP contribution in [0.25, 0.3) is 0 Å². The lowest BCUT2D eigenvalue weighted by molar-refractivity contribution is 0.626. The molecule has 0 radical (unpaired) electrons. The summed E-state index contributed by atoms with van der Waals surface area (Å²) in [5.74, 6) is 0.413. The molecule has 2 aromatic rings. The fourth-order valence-corrected chi connectivity index (χ4v) is 2.55. The summed E-state index contributed by atoms with van der Waals surface area (Å²) in [7, 11) is 0. The maximum atomic E-state index is 13.0.